The highest BCUT2D eigenvalue weighted by molar-refractivity contribution is 8.00. The molecule has 0 fully saturated rings. The first-order valence-electron chi connectivity index (χ1n) is 12.3. The zero-order valence-electron chi connectivity index (χ0n) is 21.3. The molecule has 0 aliphatic heterocycles. The highest BCUT2D eigenvalue weighted by Crippen LogP contribution is 2.28. The molecule has 8 heteroatoms. The minimum Gasteiger partial charge on any atom is -0.457 e. The first kappa shape index (κ1) is 25.9. The standard InChI is InChI=1S/C31H25N3O4S/c1-20(35)22-12-14-23(15-13-22)32-29(36)21(2)39-31-33-28-11-7-6-10-27(28)30(37)34(31)24-16-18-26(19-17-24)38-25-8-4-3-5-9-25/h3-19,21H,1-2H3,(H,32,36)/t21-/m1/s1. The minimum absolute atomic E-state index is 0.0446. The van der Waals surface area contributed by atoms with Gasteiger partial charge in [-0.25, -0.2) is 4.98 Å². The number of aromatic nitrogens is 2. The Labute approximate surface area is 229 Å². The van der Waals surface area contributed by atoms with Gasteiger partial charge in [0.25, 0.3) is 5.56 Å². The van der Waals surface area contributed by atoms with Gasteiger partial charge in [-0.15, -0.1) is 0 Å². The smallest absolute Gasteiger partial charge is 0.266 e. The molecule has 0 bridgehead atoms. The topological polar surface area (TPSA) is 90.3 Å². The number of carbonyl (C=O) groups excluding carboxylic acids is 2. The van der Waals surface area contributed by atoms with E-state index in [4.69, 9.17) is 9.72 Å². The van der Waals surface area contributed by atoms with Crippen molar-refractivity contribution in [2.45, 2.75) is 24.3 Å². The average Bonchev–Trinajstić information content (AvgIpc) is 2.95. The molecule has 39 heavy (non-hydrogen) atoms. The third-order valence-electron chi connectivity index (χ3n) is 6.03. The van der Waals surface area contributed by atoms with Gasteiger partial charge in [-0.2, -0.15) is 0 Å². The molecular formula is C31H25N3O4S. The Morgan fingerprint density at radius 2 is 1.49 bits per heavy atom. The van der Waals surface area contributed by atoms with E-state index < -0.39 is 5.25 Å². The predicted octanol–water partition coefficient (Wildman–Crippen LogP) is 6.50. The summed E-state index contributed by atoms with van der Waals surface area (Å²) in [5, 5.41) is 3.17. The van der Waals surface area contributed by atoms with Crippen molar-refractivity contribution in [3.8, 4) is 17.2 Å². The van der Waals surface area contributed by atoms with E-state index >= 15 is 0 Å². The van der Waals surface area contributed by atoms with E-state index in [2.05, 4.69) is 5.32 Å². The number of fused-ring (bicyclic) bond motifs is 1. The Kier molecular flexibility index (Phi) is 7.56. The van der Waals surface area contributed by atoms with E-state index in [-0.39, 0.29) is 17.2 Å². The Balaban J connectivity index is 1.43. The summed E-state index contributed by atoms with van der Waals surface area (Å²) in [5.74, 6) is 1.04. The molecule has 0 aliphatic carbocycles. The van der Waals surface area contributed by atoms with Gasteiger partial charge in [-0.05, 0) is 86.6 Å². The molecule has 1 atom stereocenters. The molecule has 0 aliphatic rings. The number of hydrogen-bond acceptors (Lipinski definition) is 6. The zero-order chi connectivity index (χ0) is 27.4. The van der Waals surface area contributed by atoms with E-state index in [1.54, 1.807) is 73.7 Å². The second kappa shape index (κ2) is 11.4. The summed E-state index contributed by atoms with van der Waals surface area (Å²) in [7, 11) is 0. The van der Waals surface area contributed by atoms with Gasteiger partial charge in [0.1, 0.15) is 11.5 Å². The molecule has 1 N–H and O–H groups in total. The number of hydrogen-bond donors (Lipinski definition) is 1. The number of Topliss-reactive ketones (excluding diaryl/α,β-unsaturated/α-hetero) is 1. The summed E-state index contributed by atoms with van der Waals surface area (Å²) in [6, 6.07) is 30.5. The van der Waals surface area contributed by atoms with Crippen molar-refractivity contribution in [2.24, 2.45) is 0 Å². The number of para-hydroxylation sites is 2. The van der Waals surface area contributed by atoms with Gasteiger partial charge in [-0.1, -0.05) is 42.1 Å². The highest BCUT2D eigenvalue weighted by Gasteiger charge is 2.21. The minimum atomic E-state index is -0.572. The number of amides is 1. The van der Waals surface area contributed by atoms with Gasteiger partial charge in [-0.3, -0.25) is 19.0 Å². The lowest BCUT2D eigenvalue weighted by atomic mass is 10.1. The van der Waals surface area contributed by atoms with Crippen LogP contribution in [0, 0.1) is 0 Å². The molecule has 0 spiro atoms. The van der Waals surface area contributed by atoms with Crippen molar-refractivity contribution in [1.29, 1.82) is 0 Å². The van der Waals surface area contributed by atoms with Gasteiger partial charge in [0, 0.05) is 11.3 Å². The molecule has 0 saturated carbocycles. The second-order valence-corrected chi connectivity index (χ2v) is 10.2. The number of nitrogens with one attached hydrogen (secondary N) is 1. The lowest BCUT2D eigenvalue weighted by Gasteiger charge is -2.17. The largest absolute Gasteiger partial charge is 0.457 e. The summed E-state index contributed by atoms with van der Waals surface area (Å²) < 4.78 is 7.41. The molecule has 5 rings (SSSR count). The fourth-order valence-electron chi connectivity index (χ4n) is 3.95. The number of nitrogens with zero attached hydrogens (tertiary/aromatic N) is 2. The summed E-state index contributed by atoms with van der Waals surface area (Å²) >= 11 is 1.19. The third-order valence-corrected chi connectivity index (χ3v) is 7.08. The summed E-state index contributed by atoms with van der Waals surface area (Å²) in [5.41, 5.74) is 2.08. The van der Waals surface area contributed by atoms with Crippen molar-refractivity contribution in [1.82, 2.24) is 9.55 Å². The molecule has 5 aromatic rings. The second-order valence-electron chi connectivity index (χ2n) is 8.84. The molecule has 194 valence electrons. The molecule has 1 amide bonds. The SMILES string of the molecule is CC(=O)c1ccc(NC(=O)[C@@H](C)Sc2nc3ccccc3c(=O)n2-c2ccc(Oc3ccccc3)cc2)cc1. The van der Waals surface area contributed by atoms with Crippen LogP contribution in [0.4, 0.5) is 5.69 Å². The van der Waals surface area contributed by atoms with Gasteiger partial charge in [0.2, 0.25) is 5.91 Å². The molecule has 0 radical (unpaired) electrons. The monoisotopic (exact) mass is 535 g/mol. The van der Waals surface area contributed by atoms with Crippen molar-refractivity contribution >= 4 is 40.0 Å². The summed E-state index contributed by atoms with van der Waals surface area (Å²) in [6.07, 6.45) is 0. The van der Waals surface area contributed by atoms with Gasteiger partial charge in [0.15, 0.2) is 10.9 Å². The molecule has 1 heterocycles. The van der Waals surface area contributed by atoms with Gasteiger partial charge >= 0.3 is 0 Å². The van der Waals surface area contributed by atoms with Crippen LogP contribution < -0.4 is 15.6 Å². The maximum absolute atomic E-state index is 13.6. The fraction of sp³-hybridized carbons (Fsp3) is 0.0968. The lowest BCUT2D eigenvalue weighted by Crippen LogP contribution is -2.26. The first-order valence-corrected chi connectivity index (χ1v) is 13.2. The van der Waals surface area contributed by atoms with Crippen LogP contribution in [0.25, 0.3) is 16.6 Å². The fourth-order valence-corrected chi connectivity index (χ4v) is 4.88. The number of carbonyl (C=O) groups is 2. The molecule has 0 saturated heterocycles. The third kappa shape index (κ3) is 5.91. The van der Waals surface area contributed by atoms with Crippen LogP contribution in [0.1, 0.15) is 24.2 Å². The Bertz CT molecular complexity index is 1700. The number of rotatable bonds is 8. The quantitative estimate of drug-likeness (QED) is 0.139. The number of ketones is 1. The van der Waals surface area contributed by atoms with Gasteiger partial charge < -0.3 is 10.1 Å². The summed E-state index contributed by atoms with van der Waals surface area (Å²) in [4.78, 5) is 42.9. The highest BCUT2D eigenvalue weighted by atomic mass is 32.2. The Morgan fingerprint density at radius 1 is 0.846 bits per heavy atom. The molecule has 1 aromatic heterocycles. The van der Waals surface area contributed by atoms with E-state index in [0.717, 1.165) is 0 Å². The van der Waals surface area contributed by atoms with E-state index in [1.165, 1.54) is 23.3 Å². The predicted molar refractivity (Wildman–Crippen MR) is 154 cm³/mol. The lowest BCUT2D eigenvalue weighted by molar-refractivity contribution is -0.115. The van der Waals surface area contributed by atoms with Crippen LogP contribution in [0.5, 0.6) is 11.5 Å². The van der Waals surface area contributed by atoms with E-state index in [0.29, 0.717) is 44.5 Å². The summed E-state index contributed by atoms with van der Waals surface area (Å²) in [6.45, 7) is 3.25. The number of benzene rings is 4. The Morgan fingerprint density at radius 3 is 2.18 bits per heavy atom. The zero-order valence-corrected chi connectivity index (χ0v) is 22.1. The molecule has 4 aromatic carbocycles. The molecular weight excluding hydrogens is 510 g/mol. The normalized spacial score (nSPS) is 11.6. The van der Waals surface area contributed by atoms with Crippen molar-refractivity contribution in [3.05, 3.63) is 119 Å². The number of ether oxygens (including phenoxy) is 1. The van der Waals surface area contributed by atoms with Gasteiger partial charge in [0.05, 0.1) is 21.8 Å². The molecule has 0 unspecified atom stereocenters. The maximum atomic E-state index is 13.6. The van der Waals surface area contributed by atoms with Crippen LogP contribution in [-0.4, -0.2) is 26.5 Å². The number of anilines is 1. The maximum Gasteiger partial charge on any atom is 0.266 e. The van der Waals surface area contributed by atoms with Crippen molar-refractivity contribution in [3.63, 3.8) is 0 Å². The van der Waals surface area contributed by atoms with Crippen molar-refractivity contribution in [2.75, 3.05) is 5.32 Å². The van der Waals surface area contributed by atoms with E-state index in [9.17, 15) is 14.4 Å². The van der Waals surface area contributed by atoms with E-state index in [1.807, 2.05) is 36.4 Å². The first-order chi connectivity index (χ1) is 18.9. The average molecular weight is 536 g/mol. The Hall–Kier alpha value is -4.69. The number of thioether (sulfide) groups is 1. The molecule has 7 nitrogen and oxygen atoms in total. The van der Waals surface area contributed by atoms with Crippen LogP contribution >= 0.6 is 11.8 Å². The van der Waals surface area contributed by atoms with Crippen LogP contribution in [0.2, 0.25) is 0 Å². The van der Waals surface area contributed by atoms with Crippen LogP contribution in [0.3, 0.4) is 0 Å². The van der Waals surface area contributed by atoms with Crippen LogP contribution in [0.15, 0.2) is 113 Å². The van der Waals surface area contributed by atoms with Crippen LogP contribution in [-0.2, 0) is 4.79 Å². The van der Waals surface area contributed by atoms with Crippen molar-refractivity contribution < 1.29 is 14.3 Å².